The molecular weight excluding hydrogens is 386 g/mol. The van der Waals surface area contributed by atoms with E-state index in [9.17, 15) is 14.4 Å². The summed E-state index contributed by atoms with van der Waals surface area (Å²) < 4.78 is 15.5. The summed E-state index contributed by atoms with van der Waals surface area (Å²) in [6.07, 6.45) is 0. The van der Waals surface area contributed by atoms with E-state index in [0.29, 0.717) is 22.7 Å². The summed E-state index contributed by atoms with van der Waals surface area (Å²) in [5.41, 5.74) is 1.10. The first-order chi connectivity index (χ1) is 14.5. The average Bonchev–Trinajstić information content (AvgIpc) is 2.76. The minimum atomic E-state index is -0.708. The van der Waals surface area contributed by atoms with E-state index in [1.54, 1.807) is 12.1 Å². The molecule has 0 aliphatic carbocycles. The predicted molar refractivity (Wildman–Crippen MR) is 112 cm³/mol. The number of benzene rings is 3. The number of carbonyl (C=O) groups is 3. The molecule has 1 N–H and O–H groups in total. The monoisotopic (exact) mass is 407 g/mol. The van der Waals surface area contributed by atoms with Crippen molar-refractivity contribution >= 4 is 34.1 Å². The molecule has 0 spiro atoms. The number of ether oxygens (including phenoxy) is 3. The van der Waals surface area contributed by atoms with Gasteiger partial charge in [0.25, 0.3) is 5.91 Å². The third-order valence-corrected chi connectivity index (χ3v) is 4.34. The number of hydrogen-bond acceptors (Lipinski definition) is 6. The quantitative estimate of drug-likeness (QED) is 0.453. The summed E-state index contributed by atoms with van der Waals surface area (Å²) >= 11 is 0. The first-order valence-electron chi connectivity index (χ1n) is 9.23. The van der Waals surface area contributed by atoms with Crippen LogP contribution in [-0.2, 0) is 14.3 Å². The molecule has 0 aliphatic rings. The van der Waals surface area contributed by atoms with Gasteiger partial charge in [-0.25, -0.2) is 4.79 Å². The number of hydrogen-bond donors (Lipinski definition) is 1. The SMILES string of the molecule is COc1cc(C(C)=O)ccc1OCC(=O)OCC(=O)Nc1cccc2ccccc12. The van der Waals surface area contributed by atoms with Crippen LogP contribution in [0.4, 0.5) is 5.69 Å². The molecular formula is C23H21NO6. The summed E-state index contributed by atoms with van der Waals surface area (Å²) in [4.78, 5) is 35.5. The van der Waals surface area contributed by atoms with Crippen LogP contribution in [0.3, 0.4) is 0 Å². The zero-order valence-electron chi connectivity index (χ0n) is 16.6. The summed E-state index contributed by atoms with van der Waals surface area (Å²) in [6, 6.07) is 17.8. The fraction of sp³-hybridized carbons (Fsp3) is 0.174. The van der Waals surface area contributed by atoms with Crippen molar-refractivity contribution in [1.29, 1.82) is 0 Å². The molecule has 0 saturated carbocycles. The number of esters is 1. The molecule has 7 heteroatoms. The molecule has 0 aromatic heterocycles. The Morgan fingerprint density at radius 2 is 1.67 bits per heavy atom. The lowest BCUT2D eigenvalue weighted by atomic mass is 10.1. The van der Waals surface area contributed by atoms with Crippen LogP contribution in [0.25, 0.3) is 10.8 Å². The molecule has 7 nitrogen and oxygen atoms in total. The number of fused-ring (bicyclic) bond motifs is 1. The molecule has 0 saturated heterocycles. The second kappa shape index (κ2) is 9.56. The molecule has 0 aliphatic heterocycles. The maximum atomic E-state index is 12.2. The van der Waals surface area contributed by atoms with E-state index in [1.807, 2.05) is 36.4 Å². The van der Waals surface area contributed by atoms with Gasteiger partial charge in [0.15, 0.2) is 30.5 Å². The van der Waals surface area contributed by atoms with Gasteiger partial charge in [0.05, 0.1) is 7.11 Å². The highest BCUT2D eigenvalue weighted by Crippen LogP contribution is 2.28. The number of nitrogens with one attached hydrogen (secondary N) is 1. The van der Waals surface area contributed by atoms with E-state index in [-0.39, 0.29) is 5.78 Å². The van der Waals surface area contributed by atoms with Gasteiger partial charge >= 0.3 is 5.97 Å². The Balaban J connectivity index is 1.52. The molecule has 3 aromatic rings. The van der Waals surface area contributed by atoms with E-state index in [1.165, 1.54) is 26.2 Å². The standard InChI is InChI=1S/C23H21NO6/c1-15(25)17-10-11-20(21(12-17)28-2)29-14-23(27)30-13-22(26)24-19-9-5-7-16-6-3-4-8-18(16)19/h3-12H,13-14H2,1-2H3,(H,24,26). The summed E-state index contributed by atoms with van der Waals surface area (Å²) in [6.45, 7) is 0.596. The van der Waals surface area contributed by atoms with Crippen molar-refractivity contribution in [2.24, 2.45) is 0 Å². The van der Waals surface area contributed by atoms with E-state index in [4.69, 9.17) is 14.2 Å². The van der Waals surface area contributed by atoms with Crippen LogP contribution in [0.2, 0.25) is 0 Å². The van der Waals surface area contributed by atoms with E-state index < -0.39 is 25.1 Å². The molecule has 0 radical (unpaired) electrons. The maximum absolute atomic E-state index is 12.2. The van der Waals surface area contributed by atoms with Gasteiger partial charge in [-0.3, -0.25) is 9.59 Å². The highest BCUT2D eigenvalue weighted by Gasteiger charge is 2.13. The van der Waals surface area contributed by atoms with Crippen molar-refractivity contribution in [3.63, 3.8) is 0 Å². The van der Waals surface area contributed by atoms with Crippen LogP contribution >= 0.6 is 0 Å². The van der Waals surface area contributed by atoms with Crippen LogP contribution in [0.15, 0.2) is 60.7 Å². The van der Waals surface area contributed by atoms with Gasteiger partial charge in [-0.1, -0.05) is 36.4 Å². The van der Waals surface area contributed by atoms with Crippen LogP contribution in [0.1, 0.15) is 17.3 Å². The van der Waals surface area contributed by atoms with E-state index in [0.717, 1.165) is 10.8 Å². The molecule has 0 atom stereocenters. The maximum Gasteiger partial charge on any atom is 0.344 e. The molecule has 0 unspecified atom stereocenters. The van der Waals surface area contributed by atoms with Gasteiger partial charge in [0.1, 0.15) is 0 Å². The Morgan fingerprint density at radius 1 is 0.900 bits per heavy atom. The lowest BCUT2D eigenvalue weighted by Gasteiger charge is -2.12. The predicted octanol–water partition coefficient (Wildman–Crippen LogP) is 3.61. The van der Waals surface area contributed by atoms with Gasteiger partial charge < -0.3 is 19.5 Å². The lowest BCUT2D eigenvalue weighted by molar-refractivity contribution is -0.149. The summed E-state index contributed by atoms with van der Waals surface area (Å²) in [5, 5.41) is 4.62. The number of rotatable bonds is 8. The number of anilines is 1. The fourth-order valence-corrected chi connectivity index (χ4v) is 2.85. The minimum absolute atomic E-state index is 0.114. The highest BCUT2D eigenvalue weighted by molar-refractivity contribution is 6.02. The number of amides is 1. The molecule has 0 bridgehead atoms. The van der Waals surface area contributed by atoms with Crippen LogP contribution in [0, 0.1) is 0 Å². The summed E-state index contributed by atoms with van der Waals surface area (Å²) in [7, 11) is 1.43. The molecule has 0 heterocycles. The number of methoxy groups -OCH3 is 1. The zero-order valence-corrected chi connectivity index (χ0v) is 16.6. The smallest absolute Gasteiger partial charge is 0.344 e. The normalized spacial score (nSPS) is 10.3. The zero-order chi connectivity index (χ0) is 21.5. The first-order valence-corrected chi connectivity index (χ1v) is 9.23. The van der Waals surface area contributed by atoms with Gasteiger partial charge in [-0.05, 0) is 36.6 Å². The van der Waals surface area contributed by atoms with Crippen molar-refractivity contribution in [3.8, 4) is 11.5 Å². The second-order valence-corrected chi connectivity index (χ2v) is 6.45. The van der Waals surface area contributed by atoms with Crippen molar-refractivity contribution in [2.75, 3.05) is 25.6 Å². The Hall–Kier alpha value is -3.87. The second-order valence-electron chi connectivity index (χ2n) is 6.45. The van der Waals surface area contributed by atoms with Crippen LogP contribution < -0.4 is 14.8 Å². The number of Topliss-reactive ketones (excluding diaryl/α,β-unsaturated/α-hetero) is 1. The van der Waals surface area contributed by atoms with Gasteiger partial charge in [0, 0.05) is 16.6 Å². The van der Waals surface area contributed by atoms with Crippen molar-refractivity contribution in [1.82, 2.24) is 0 Å². The number of ketones is 1. The van der Waals surface area contributed by atoms with E-state index >= 15 is 0 Å². The average molecular weight is 407 g/mol. The van der Waals surface area contributed by atoms with Crippen LogP contribution in [-0.4, -0.2) is 38.0 Å². The molecule has 1 amide bonds. The Morgan fingerprint density at radius 3 is 2.43 bits per heavy atom. The molecule has 30 heavy (non-hydrogen) atoms. The molecule has 3 aromatic carbocycles. The van der Waals surface area contributed by atoms with Gasteiger partial charge in [0.2, 0.25) is 0 Å². The molecule has 3 rings (SSSR count). The van der Waals surface area contributed by atoms with Crippen molar-refractivity contribution in [3.05, 3.63) is 66.2 Å². The number of carbonyl (C=O) groups excluding carboxylic acids is 3. The highest BCUT2D eigenvalue weighted by atomic mass is 16.6. The third kappa shape index (κ3) is 5.14. The Labute approximate surface area is 173 Å². The molecule has 154 valence electrons. The Kier molecular flexibility index (Phi) is 6.64. The van der Waals surface area contributed by atoms with Crippen molar-refractivity contribution in [2.45, 2.75) is 6.92 Å². The largest absolute Gasteiger partial charge is 0.493 e. The van der Waals surface area contributed by atoms with Crippen LogP contribution in [0.5, 0.6) is 11.5 Å². The summed E-state index contributed by atoms with van der Waals surface area (Å²) in [5.74, 6) is -0.663. The van der Waals surface area contributed by atoms with Gasteiger partial charge in [-0.15, -0.1) is 0 Å². The third-order valence-electron chi connectivity index (χ3n) is 4.34. The van der Waals surface area contributed by atoms with Gasteiger partial charge in [-0.2, -0.15) is 0 Å². The Bertz CT molecular complexity index is 1090. The minimum Gasteiger partial charge on any atom is -0.493 e. The molecule has 0 fully saturated rings. The lowest BCUT2D eigenvalue weighted by Crippen LogP contribution is -2.23. The first kappa shape index (κ1) is 20.9. The van der Waals surface area contributed by atoms with E-state index in [2.05, 4.69) is 5.32 Å². The van der Waals surface area contributed by atoms with Crippen molar-refractivity contribution < 1.29 is 28.6 Å². The topological polar surface area (TPSA) is 90.9 Å². The fourth-order valence-electron chi connectivity index (χ4n) is 2.85.